The standard InChI is InChI=1S/C10H15F3N2O3/c1-9(7(16)17)3-5-15(6-9)8(18)14-4-2-10(11,12)13/h2-6H2,1H3,(H,14,18)(H,16,17). The number of nitrogens with one attached hydrogen (secondary N) is 1. The minimum atomic E-state index is -4.31. The predicted octanol–water partition coefficient (Wildman–Crippen LogP) is 1.45. The molecule has 0 bridgehead atoms. The van der Waals surface area contributed by atoms with E-state index in [1.165, 1.54) is 11.8 Å². The number of halogens is 3. The molecule has 0 spiro atoms. The van der Waals surface area contributed by atoms with Gasteiger partial charge in [0.25, 0.3) is 0 Å². The number of rotatable bonds is 3. The smallest absolute Gasteiger partial charge is 0.390 e. The molecular formula is C10H15F3N2O3. The van der Waals surface area contributed by atoms with Gasteiger partial charge in [-0.2, -0.15) is 13.2 Å². The van der Waals surface area contributed by atoms with Crippen LogP contribution in [0.15, 0.2) is 0 Å². The average molecular weight is 268 g/mol. The molecule has 0 aromatic heterocycles. The van der Waals surface area contributed by atoms with Crippen LogP contribution < -0.4 is 5.32 Å². The first-order valence-corrected chi connectivity index (χ1v) is 5.47. The van der Waals surface area contributed by atoms with E-state index in [9.17, 15) is 22.8 Å². The third-order valence-electron chi connectivity index (χ3n) is 2.96. The number of urea groups is 1. The number of alkyl halides is 3. The lowest BCUT2D eigenvalue weighted by molar-refractivity contribution is -0.147. The van der Waals surface area contributed by atoms with Gasteiger partial charge in [0, 0.05) is 19.6 Å². The van der Waals surface area contributed by atoms with Gasteiger partial charge in [-0.3, -0.25) is 4.79 Å². The molecule has 0 saturated carbocycles. The van der Waals surface area contributed by atoms with E-state index < -0.39 is 36.6 Å². The summed E-state index contributed by atoms with van der Waals surface area (Å²) in [6, 6.07) is -0.649. The van der Waals surface area contributed by atoms with Crippen molar-refractivity contribution < 1.29 is 27.9 Å². The Bertz CT molecular complexity index is 346. The van der Waals surface area contributed by atoms with Crippen LogP contribution >= 0.6 is 0 Å². The van der Waals surface area contributed by atoms with Crippen molar-refractivity contribution >= 4 is 12.0 Å². The van der Waals surface area contributed by atoms with Crippen molar-refractivity contribution in [2.75, 3.05) is 19.6 Å². The van der Waals surface area contributed by atoms with E-state index in [1.807, 2.05) is 0 Å². The lowest BCUT2D eigenvalue weighted by Gasteiger charge is -2.20. The molecule has 1 fully saturated rings. The highest BCUT2D eigenvalue weighted by Gasteiger charge is 2.42. The van der Waals surface area contributed by atoms with Gasteiger partial charge in [-0.25, -0.2) is 4.79 Å². The minimum Gasteiger partial charge on any atom is -0.481 e. The van der Waals surface area contributed by atoms with Crippen molar-refractivity contribution in [3.8, 4) is 0 Å². The van der Waals surface area contributed by atoms with Gasteiger partial charge in [0.1, 0.15) is 0 Å². The monoisotopic (exact) mass is 268 g/mol. The van der Waals surface area contributed by atoms with Crippen molar-refractivity contribution in [3.05, 3.63) is 0 Å². The zero-order valence-electron chi connectivity index (χ0n) is 9.88. The molecule has 104 valence electrons. The van der Waals surface area contributed by atoms with Gasteiger partial charge in [0.05, 0.1) is 11.8 Å². The molecule has 5 nitrogen and oxygen atoms in total. The Kier molecular flexibility index (Phi) is 4.08. The summed E-state index contributed by atoms with van der Waals surface area (Å²) >= 11 is 0. The van der Waals surface area contributed by atoms with Gasteiger partial charge in [-0.05, 0) is 13.3 Å². The number of carbonyl (C=O) groups excluding carboxylic acids is 1. The summed E-state index contributed by atoms with van der Waals surface area (Å²) in [6.45, 7) is 1.27. The summed E-state index contributed by atoms with van der Waals surface area (Å²) in [5.74, 6) is -1.01. The number of hydrogen-bond donors (Lipinski definition) is 2. The highest BCUT2D eigenvalue weighted by Crippen LogP contribution is 2.30. The van der Waals surface area contributed by atoms with Crippen molar-refractivity contribution in [2.45, 2.75) is 25.9 Å². The fourth-order valence-electron chi connectivity index (χ4n) is 1.73. The zero-order valence-corrected chi connectivity index (χ0v) is 9.88. The largest absolute Gasteiger partial charge is 0.481 e. The molecule has 2 amide bonds. The van der Waals surface area contributed by atoms with Gasteiger partial charge < -0.3 is 15.3 Å². The number of amides is 2. The van der Waals surface area contributed by atoms with Crippen LogP contribution in [0, 0.1) is 5.41 Å². The van der Waals surface area contributed by atoms with Gasteiger partial charge in [-0.1, -0.05) is 0 Å². The zero-order chi connectivity index (χ0) is 14.0. The molecular weight excluding hydrogens is 253 g/mol. The number of likely N-dealkylation sites (tertiary alicyclic amines) is 1. The molecule has 1 rings (SSSR count). The maximum absolute atomic E-state index is 11.9. The van der Waals surface area contributed by atoms with E-state index >= 15 is 0 Å². The van der Waals surface area contributed by atoms with Crippen LogP contribution in [0.2, 0.25) is 0 Å². The van der Waals surface area contributed by atoms with E-state index in [4.69, 9.17) is 5.11 Å². The number of carboxylic acids is 1. The SMILES string of the molecule is CC1(C(=O)O)CCN(C(=O)NCCC(F)(F)F)C1. The van der Waals surface area contributed by atoms with E-state index in [0.717, 1.165) is 0 Å². The van der Waals surface area contributed by atoms with Crippen LogP contribution in [0.25, 0.3) is 0 Å². The summed E-state index contributed by atoms with van der Waals surface area (Å²) in [4.78, 5) is 23.7. The third kappa shape index (κ3) is 3.78. The number of hydrogen-bond acceptors (Lipinski definition) is 2. The van der Waals surface area contributed by atoms with Crippen LogP contribution in [-0.4, -0.2) is 47.8 Å². The fraction of sp³-hybridized carbons (Fsp3) is 0.800. The van der Waals surface area contributed by atoms with Crippen LogP contribution in [-0.2, 0) is 4.79 Å². The molecule has 1 unspecified atom stereocenters. The van der Waals surface area contributed by atoms with Crippen LogP contribution in [0.1, 0.15) is 19.8 Å². The molecule has 1 aliphatic rings. The Balaban J connectivity index is 2.39. The van der Waals surface area contributed by atoms with Crippen molar-refractivity contribution in [1.82, 2.24) is 10.2 Å². The first-order valence-electron chi connectivity index (χ1n) is 5.47. The molecule has 18 heavy (non-hydrogen) atoms. The number of carbonyl (C=O) groups is 2. The van der Waals surface area contributed by atoms with Crippen molar-refractivity contribution in [3.63, 3.8) is 0 Å². The van der Waals surface area contributed by atoms with Gasteiger partial charge >= 0.3 is 18.2 Å². The van der Waals surface area contributed by atoms with E-state index in [2.05, 4.69) is 5.32 Å². The average Bonchev–Trinajstić information content (AvgIpc) is 2.60. The Morgan fingerprint density at radius 3 is 2.50 bits per heavy atom. The van der Waals surface area contributed by atoms with Crippen molar-refractivity contribution in [1.29, 1.82) is 0 Å². The number of carboxylic acid groups (broad SMARTS) is 1. The molecule has 2 N–H and O–H groups in total. The molecule has 0 radical (unpaired) electrons. The van der Waals surface area contributed by atoms with Crippen LogP contribution in [0.3, 0.4) is 0 Å². The quantitative estimate of drug-likeness (QED) is 0.813. The Labute approximate surface area is 102 Å². The Hall–Kier alpha value is -1.47. The summed E-state index contributed by atoms with van der Waals surface area (Å²) < 4.78 is 35.6. The second-order valence-electron chi connectivity index (χ2n) is 4.63. The maximum atomic E-state index is 11.9. The van der Waals surface area contributed by atoms with Gasteiger partial charge in [-0.15, -0.1) is 0 Å². The molecule has 0 aliphatic carbocycles. The summed E-state index contributed by atoms with van der Waals surface area (Å²) in [6.07, 6.45) is -5.11. The molecule has 1 aliphatic heterocycles. The summed E-state index contributed by atoms with van der Waals surface area (Å²) in [5.41, 5.74) is -1.01. The Morgan fingerprint density at radius 1 is 1.44 bits per heavy atom. The first kappa shape index (κ1) is 14.6. The predicted molar refractivity (Wildman–Crippen MR) is 56.0 cm³/mol. The second kappa shape index (κ2) is 5.03. The lowest BCUT2D eigenvalue weighted by Crippen LogP contribution is -2.41. The summed E-state index contributed by atoms with van der Waals surface area (Å²) in [7, 11) is 0. The molecule has 0 aromatic rings. The fourth-order valence-corrected chi connectivity index (χ4v) is 1.73. The van der Waals surface area contributed by atoms with Crippen LogP contribution in [0.5, 0.6) is 0 Å². The van der Waals surface area contributed by atoms with Gasteiger partial charge in [0.15, 0.2) is 0 Å². The summed E-state index contributed by atoms with van der Waals surface area (Å²) in [5, 5.41) is 11.1. The minimum absolute atomic E-state index is 0.0141. The molecule has 0 aromatic carbocycles. The highest BCUT2D eigenvalue weighted by atomic mass is 19.4. The third-order valence-corrected chi connectivity index (χ3v) is 2.96. The lowest BCUT2D eigenvalue weighted by atomic mass is 9.90. The number of aliphatic carboxylic acids is 1. The van der Waals surface area contributed by atoms with E-state index in [1.54, 1.807) is 0 Å². The second-order valence-corrected chi connectivity index (χ2v) is 4.63. The molecule has 8 heteroatoms. The van der Waals surface area contributed by atoms with E-state index in [-0.39, 0.29) is 13.1 Å². The molecule has 1 saturated heterocycles. The Morgan fingerprint density at radius 2 is 2.06 bits per heavy atom. The number of nitrogens with zero attached hydrogens (tertiary/aromatic N) is 1. The van der Waals surface area contributed by atoms with Crippen molar-refractivity contribution in [2.24, 2.45) is 5.41 Å². The molecule has 1 atom stereocenters. The topological polar surface area (TPSA) is 69.6 Å². The van der Waals surface area contributed by atoms with E-state index in [0.29, 0.717) is 6.42 Å². The first-order chi connectivity index (χ1) is 8.14. The highest BCUT2D eigenvalue weighted by molar-refractivity contribution is 5.79. The maximum Gasteiger partial charge on any atom is 0.390 e. The molecule has 1 heterocycles. The van der Waals surface area contributed by atoms with Crippen LogP contribution in [0.4, 0.5) is 18.0 Å². The normalized spacial score (nSPS) is 24.1. The van der Waals surface area contributed by atoms with Gasteiger partial charge in [0.2, 0.25) is 0 Å².